The summed E-state index contributed by atoms with van der Waals surface area (Å²) in [5.41, 5.74) is -0.968. The fourth-order valence-corrected chi connectivity index (χ4v) is 7.19. The second-order valence-corrected chi connectivity index (χ2v) is 13.7. The van der Waals surface area contributed by atoms with Crippen molar-refractivity contribution in [3.8, 4) is 5.75 Å². The number of sulfonamides is 2. The highest BCUT2D eigenvalue weighted by Gasteiger charge is 2.45. The van der Waals surface area contributed by atoms with Crippen molar-refractivity contribution in [1.82, 2.24) is 18.9 Å². The van der Waals surface area contributed by atoms with Gasteiger partial charge in [-0.2, -0.15) is 4.31 Å². The van der Waals surface area contributed by atoms with Crippen molar-refractivity contribution in [1.29, 1.82) is 0 Å². The molecule has 0 bridgehead atoms. The molecule has 4 rings (SSSR count). The largest absolute Gasteiger partial charge is 0.491 e. The Kier molecular flexibility index (Phi) is 9.15. The van der Waals surface area contributed by atoms with Gasteiger partial charge in [0.25, 0.3) is 0 Å². The molecule has 0 aliphatic carbocycles. The summed E-state index contributed by atoms with van der Waals surface area (Å²) in [4.78, 5) is 12.1. The summed E-state index contributed by atoms with van der Waals surface area (Å²) in [7, 11) is -6.17. The summed E-state index contributed by atoms with van der Waals surface area (Å²) >= 11 is 0. The maximum absolute atomic E-state index is 13.2. The van der Waals surface area contributed by atoms with Crippen LogP contribution in [0.3, 0.4) is 0 Å². The summed E-state index contributed by atoms with van der Waals surface area (Å²) in [6, 6.07) is 7.30. The summed E-state index contributed by atoms with van der Waals surface area (Å²) < 4.78 is 67.2. The second kappa shape index (κ2) is 12.0. The Morgan fingerprint density at radius 2 is 1.95 bits per heavy atom. The molecule has 3 heterocycles. The quantitative estimate of drug-likeness (QED) is 0.334. The lowest BCUT2D eigenvalue weighted by Crippen LogP contribution is -2.47. The van der Waals surface area contributed by atoms with Gasteiger partial charge in [0.1, 0.15) is 23.4 Å². The zero-order chi connectivity index (χ0) is 28.3. The lowest BCUT2D eigenvalue weighted by Gasteiger charge is -2.38. The highest BCUT2D eigenvalue weighted by molar-refractivity contribution is 7.89. The van der Waals surface area contributed by atoms with Crippen LogP contribution in [0.1, 0.15) is 26.2 Å². The number of aliphatic hydroxyl groups is 1. The van der Waals surface area contributed by atoms with E-state index in [-0.39, 0.29) is 42.1 Å². The number of aromatic nitrogens is 1. The Morgan fingerprint density at radius 3 is 2.64 bits per heavy atom. The first kappa shape index (κ1) is 29.6. The van der Waals surface area contributed by atoms with E-state index >= 15 is 0 Å². The Bertz CT molecular complexity index is 1420. The molecule has 12 nitrogen and oxygen atoms in total. The molecule has 39 heavy (non-hydrogen) atoms. The Hall–Kier alpha value is -2.33. The van der Waals surface area contributed by atoms with Crippen molar-refractivity contribution in [3.05, 3.63) is 52.9 Å². The minimum Gasteiger partial charge on any atom is -0.491 e. The number of hydrogen-bond acceptors (Lipinski definition) is 9. The van der Waals surface area contributed by atoms with Gasteiger partial charge in [-0.05, 0) is 45.4 Å². The third-order valence-electron chi connectivity index (χ3n) is 7.24. The second-order valence-electron chi connectivity index (χ2n) is 9.86. The van der Waals surface area contributed by atoms with Crippen molar-refractivity contribution < 1.29 is 31.4 Å². The Labute approximate surface area is 229 Å². The van der Waals surface area contributed by atoms with Gasteiger partial charge in [0, 0.05) is 56.7 Å². The molecule has 2 aromatic rings. The first-order valence-corrected chi connectivity index (χ1v) is 15.8. The van der Waals surface area contributed by atoms with E-state index in [1.165, 1.54) is 35.7 Å². The highest BCUT2D eigenvalue weighted by atomic mass is 32.2. The lowest BCUT2D eigenvalue weighted by atomic mass is 9.88. The Balaban J connectivity index is 1.25. The van der Waals surface area contributed by atoms with Crippen molar-refractivity contribution in [2.75, 3.05) is 39.9 Å². The highest BCUT2D eigenvalue weighted by Crippen LogP contribution is 2.37. The number of piperidine rings is 1. The van der Waals surface area contributed by atoms with Crippen LogP contribution >= 0.6 is 0 Å². The van der Waals surface area contributed by atoms with Gasteiger partial charge < -0.3 is 24.5 Å². The molecule has 2 unspecified atom stereocenters. The van der Waals surface area contributed by atoms with E-state index in [0.717, 1.165) is 0 Å². The number of pyridine rings is 1. The summed E-state index contributed by atoms with van der Waals surface area (Å²) in [6.45, 7) is 3.60. The minimum atomic E-state index is -3.90. The van der Waals surface area contributed by atoms with Gasteiger partial charge in [0.2, 0.25) is 25.5 Å². The van der Waals surface area contributed by atoms with Gasteiger partial charge in [0.15, 0.2) is 0 Å². The third-order valence-corrected chi connectivity index (χ3v) is 10.6. The number of aryl methyl sites for hydroxylation is 1. The first-order valence-electron chi connectivity index (χ1n) is 12.9. The van der Waals surface area contributed by atoms with Gasteiger partial charge in [-0.1, -0.05) is 6.07 Å². The van der Waals surface area contributed by atoms with E-state index in [2.05, 4.69) is 10.0 Å². The van der Waals surface area contributed by atoms with Gasteiger partial charge in [-0.3, -0.25) is 4.79 Å². The van der Waals surface area contributed by atoms with E-state index in [9.17, 15) is 26.7 Å². The standard InChI is InChI=1S/C25H36N4O8S2/c1-3-28-10-7-23(31)24(16-28)39(34,35)29-11-8-25(9-12-29)14-19(17-37-25)27-15-20(30)18-36-21-5-4-6-22(13-21)38(32,33)26-2/h4-7,10,13,16,19-20,26-27,30H,3,8-9,11-12,14-15,17-18H2,1-2H3. The van der Waals surface area contributed by atoms with Gasteiger partial charge >= 0.3 is 0 Å². The maximum Gasteiger partial charge on any atom is 0.248 e. The molecule has 2 atom stereocenters. The zero-order valence-corrected chi connectivity index (χ0v) is 23.7. The van der Waals surface area contributed by atoms with Crippen LogP contribution in [0, 0.1) is 0 Å². The molecule has 2 aliphatic heterocycles. The van der Waals surface area contributed by atoms with Crippen LogP contribution in [0.5, 0.6) is 5.75 Å². The molecule has 2 aliphatic rings. The van der Waals surface area contributed by atoms with E-state index in [1.807, 2.05) is 6.92 Å². The summed E-state index contributed by atoms with van der Waals surface area (Å²) in [5, 5.41) is 13.7. The summed E-state index contributed by atoms with van der Waals surface area (Å²) in [5.74, 6) is 0.333. The number of benzene rings is 1. The molecule has 1 spiro atoms. The van der Waals surface area contributed by atoms with E-state index in [1.54, 1.807) is 22.9 Å². The molecule has 216 valence electrons. The minimum absolute atomic E-state index is 0.0159. The maximum atomic E-state index is 13.2. The number of nitrogens with one attached hydrogen (secondary N) is 2. The summed E-state index contributed by atoms with van der Waals surface area (Å²) in [6.07, 6.45) is 3.82. The van der Waals surface area contributed by atoms with Crippen molar-refractivity contribution >= 4 is 20.0 Å². The average molecular weight is 585 g/mol. The van der Waals surface area contributed by atoms with Crippen molar-refractivity contribution in [2.24, 2.45) is 0 Å². The van der Waals surface area contributed by atoms with Crippen LogP contribution in [0.4, 0.5) is 0 Å². The normalized spacial score (nSPS) is 20.7. The van der Waals surface area contributed by atoms with E-state index in [4.69, 9.17) is 9.47 Å². The smallest absolute Gasteiger partial charge is 0.248 e. The van der Waals surface area contributed by atoms with Gasteiger partial charge in [0.05, 0.1) is 17.1 Å². The topological polar surface area (TPSA) is 156 Å². The fourth-order valence-electron chi connectivity index (χ4n) is 4.89. The van der Waals surface area contributed by atoms with E-state index < -0.39 is 37.2 Å². The van der Waals surface area contributed by atoms with Gasteiger partial charge in [-0.15, -0.1) is 0 Å². The van der Waals surface area contributed by atoms with E-state index in [0.29, 0.717) is 38.2 Å². The first-order chi connectivity index (χ1) is 18.5. The lowest BCUT2D eigenvalue weighted by molar-refractivity contribution is -0.0312. The van der Waals surface area contributed by atoms with Crippen LogP contribution in [0.2, 0.25) is 0 Å². The monoisotopic (exact) mass is 584 g/mol. The molecule has 1 aromatic heterocycles. The number of aliphatic hydroxyl groups excluding tert-OH is 1. The van der Waals surface area contributed by atoms with Crippen LogP contribution < -0.4 is 20.2 Å². The average Bonchev–Trinajstić information content (AvgIpc) is 3.33. The van der Waals surface area contributed by atoms with Crippen LogP contribution in [0.15, 0.2) is 57.3 Å². The number of rotatable bonds is 11. The number of ether oxygens (including phenoxy) is 2. The van der Waals surface area contributed by atoms with Gasteiger partial charge in [-0.25, -0.2) is 21.6 Å². The fraction of sp³-hybridized carbons (Fsp3) is 0.560. The molecular weight excluding hydrogens is 548 g/mol. The molecule has 2 saturated heterocycles. The van der Waals surface area contributed by atoms with Crippen LogP contribution in [-0.4, -0.2) is 88.5 Å². The molecular formula is C25H36N4O8S2. The molecule has 0 radical (unpaired) electrons. The molecule has 1 aromatic carbocycles. The Morgan fingerprint density at radius 1 is 1.21 bits per heavy atom. The molecule has 14 heteroatoms. The molecule has 3 N–H and O–H groups in total. The third kappa shape index (κ3) is 6.88. The SMILES string of the molecule is CCn1ccc(=O)c(S(=O)(=O)N2CCC3(CC2)CC(NCC(O)COc2cccc(S(=O)(=O)NC)c2)CO3)c1. The van der Waals surface area contributed by atoms with Crippen molar-refractivity contribution in [3.63, 3.8) is 0 Å². The van der Waals surface area contributed by atoms with Crippen LogP contribution in [0.25, 0.3) is 0 Å². The van der Waals surface area contributed by atoms with Crippen LogP contribution in [-0.2, 0) is 31.3 Å². The molecule has 0 saturated carbocycles. The number of nitrogens with zero attached hydrogens (tertiary/aromatic N) is 2. The predicted octanol–water partition coefficient (Wildman–Crippen LogP) is 0.118. The predicted molar refractivity (Wildman–Crippen MR) is 144 cm³/mol. The molecule has 0 amide bonds. The zero-order valence-electron chi connectivity index (χ0n) is 22.1. The van der Waals surface area contributed by atoms with Crippen molar-refractivity contribution in [2.45, 2.75) is 60.3 Å². The molecule has 2 fully saturated rings. The number of hydrogen-bond donors (Lipinski definition) is 3.